The number of aromatic nitrogens is 1. The number of hydrogen-bond donors (Lipinski definition) is 1. The third-order valence-corrected chi connectivity index (χ3v) is 7.79. The zero-order chi connectivity index (χ0) is 27.2. The minimum atomic E-state index is -4.34. The molecule has 1 aromatic carbocycles. The first-order valence-electron chi connectivity index (χ1n) is 11.1. The fraction of sp³-hybridized carbons (Fsp3) is 0.458. The molecule has 200 valence electrons. The predicted octanol–water partition coefficient (Wildman–Crippen LogP) is 4.75. The third-order valence-electron chi connectivity index (χ3n) is 6.51. The molecule has 4 rings (SSSR count). The second kappa shape index (κ2) is 9.82. The largest absolute Gasteiger partial charge is 0.485 e. The van der Waals surface area contributed by atoms with Gasteiger partial charge >= 0.3 is 12.3 Å². The molecule has 1 aliphatic heterocycles. The highest BCUT2D eigenvalue weighted by atomic mass is 32.2. The van der Waals surface area contributed by atoms with E-state index >= 15 is 4.39 Å². The number of aliphatic imine (C=N–C) groups is 1. The van der Waals surface area contributed by atoms with E-state index in [1.807, 2.05) is 0 Å². The number of hydrogen-bond acceptors (Lipinski definition) is 7. The van der Waals surface area contributed by atoms with Crippen LogP contribution < -0.4 is 10.5 Å². The Morgan fingerprint density at radius 3 is 2.65 bits per heavy atom. The Labute approximate surface area is 212 Å². The van der Waals surface area contributed by atoms with Gasteiger partial charge < -0.3 is 15.2 Å². The number of amidine groups is 1. The van der Waals surface area contributed by atoms with Crippen LogP contribution in [-0.4, -0.2) is 53.4 Å². The lowest BCUT2D eigenvalue weighted by molar-refractivity contribution is -0.148. The van der Waals surface area contributed by atoms with Crippen LogP contribution in [0.4, 0.5) is 26.3 Å². The molecule has 2 aromatic rings. The zero-order valence-electron chi connectivity index (χ0n) is 19.7. The van der Waals surface area contributed by atoms with Crippen molar-refractivity contribution in [1.29, 1.82) is 0 Å². The van der Waals surface area contributed by atoms with E-state index < -0.39 is 46.7 Å². The number of nitrogens with zero attached hydrogens (tertiary/aromatic N) is 2. The number of thioether (sulfide) groups is 1. The lowest BCUT2D eigenvalue weighted by Crippen LogP contribution is -2.38. The van der Waals surface area contributed by atoms with Crippen molar-refractivity contribution in [3.05, 3.63) is 58.9 Å². The first-order valence-corrected chi connectivity index (χ1v) is 11.9. The maximum absolute atomic E-state index is 15.0. The van der Waals surface area contributed by atoms with E-state index in [1.54, 1.807) is 14.0 Å². The summed E-state index contributed by atoms with van der Waals surface area (Å²) in [6.45, 7) is 0.471. The normalized spacial score (nSPS) is 25.0. The molecule has 6 nitrogen and oxygen atoms in total. The van der Waals surface area contributed by atoms with Crippen LogP contribution in [0, 0.1) is 17.6 Å². The van der Waals surface area contributed by atoms with Crippen molar-refractivity contribution in [2.45, 2.75) is 42.4 Å². The summed E-state index contributed by atoms with van der Waals surface area (Å²) >= 11 is 1.35. The molecule has 0 radical (unpaired) electrons. The van der Waals surface area contributed by atoms with Crippen LogP contribution >= 0.6 is 11.8 Å². The second-order valence-electron chi connectivity index (χ2n) is 9.22. The van der Waals surface area contributed by atoms with Crippen LogP contribution in [0.15, 0.2) is 35.5 Å². The minimum absolute atomic E-state index is 0.0295. The number of rotatable bonds is 10. The number of nitrogens with two attached hydrogens (primary N) is 1. The molecule has 0 spiro atoms. The van der Waals surface area contributed by atoms with E-state index in [2.05, 4.69) is 14.7 Å². The van der Waals surface area contributed by atoms with Gasteiger partial charge in [-0.1, -0.05) is 11.8 Å². The van der Waals surface area contributed by atoms with Crippen molar-refractivity contribution >= 4 is 22.7 Å². The summed E-state index contributed by atoms with van der Waals surface area (Å²) in [5, 5.41) is 0.229. The van der Waals surface area contributed by atoms with Crippen LogP contribution in [0.1, 0.15) is 35.0 Å². The van der Waals surface area contributed by atoms with Crippen LogP contribution in [-0.2, 0) is 16.7 Å². The fourth-order valence-corrected chi connectivity index (χ4v) is 6.04. The Kier molecular flexibility index (Phi) is 7.23. The molecule has 0 amide bonds. The van der Waals surface area contributed by atoms with E-state index in [9.17, 15) is 26.7 Å². The second-order valence-corrected chi connectivity index (χ2v) is 10.7. The quantitative estimate of drug-likeness (QED) is 0.342. The minimum Gasteiger partial charge on any atom is -0.485 e. The summed E-state index contributed by atoms with van der Waals surface area (Å²) in [5.41, 5.74) is 4.89. The Hall–Kier alpha value is -2.80. The number of ketones is 1. The van der Waals surface area contributed by atoms with Crippen molar-refractivity contribution in [2.24, 2.45) is 16.6 Å². The van der Waals surface area contributed by atoms with E-state index in [4.69, 9.17) is 10.5 Å². The van der Waals surface area contributed by atoms with Gasteiger partial charge in [-0.15, -0.1) is 0 Å². The highest BCUT2D eigenvalue weighted by Gasteiger charge is 2.66. The third kappa shape index (κ3) is 5.28. The molecule has 3 atom stereocenters. The van der Waals surface area contributed by atoms with Crippen LogP contribution in [0.25, 0.3) is 0 Å². The Morgan fingerprint density at radius 1 is 1.30 bits per heavy atom. The van der Waals surface area contributed by atoms with Gasteiger partial charge in [0, 0.05) is 25.0 Å². The van der Waals surface area contributed by atoms with E-state index in [0.29, 0.717) is 13.0 Å². The van der Waals surface area contributed by atoms with Gasteiger partial charge in [0.05, 0.1) is 23.1 Å². The number of fused-ring (bicyclic) bond motifs is 1. The number of halogens is 6. The van der Waals surface area contributed by atoms with Crippen molar-refractivity contribution < 1.29 is 40.6 Å². The van der Waals surface area contributed by atoms with Gasteiger partial charge in [0.1, 0.15) is 11.4 Å². The summed E-state index contributed by atoms with van der Waals surface area (Å²) in [4.78, 5) is 21.0. The highest BCUT2D eigenvalue weighted by molar-refractivity contribution is 8.15. The molecule has 2 aliphatic rings. The first kappa shape index (κ1) is 27.2. The molecule has 2 heterocycles. The van der Waals surface area contributed by atoms with Crippen molar-refractivity contribution in [2.75, 3.05) is 20.3 Å². The molecular weight excluding hydrogens is 524 g/mol. The lowest BCUT2D eigenvalue weighted by atomic mass is 9.84. The standard InChI is InChI=1S/C24H23F6N3O3S/c1-22(18-8-23(18,10-35-2)37-21(31)33-22)14-5-12(6-15(25)19(14)26)7-17(34)16-4-3-13(9-32-16)36-11-24(29,30)20(27)28/h3-6,9,18,20H,7-8,10-11H2,1-2H3,(H2,31,33)/t18-,22+,23+/m0/s1. The average molecular weight is 548 g/mol. The topological polar surface area (TPSA) is 86.8 Å². The van der Waals surface area contributed by atoms with Gasteiger partial charge in [0.15, 0.2) is 29.2 Å². The molecule has 2 N–H and O–H groups in total. The molecule has 0 bridgehead atoms. The number of ether oxygens (including phenoxy) is 2. The SMILES string of the molecule is COC[C@]12C[C@H]1[C@@](C)(c1cc(CC(=O)c3ccc(OCC(F)(F)C(F)F)cn3)cc(F)c1F)N=C(N)S2. The maximum Gasteiger partial charge on any atom is 0.340 e. The number of pyridine rings is 1. The Morgan fingerprint density at radius 2 is 2.03 bits per heavy atom. The lowest BCUT2D eigenvalue weighted by Gasteiger charge is -2.34. The number of carbonyl (C=O) groups is 1. The smallest absolute Gasteiger partial charge is 0.340 e. The average Bonchev–Trinajstić information content (AvgIpc) is 3.55. The van der Waals surface area contributed by atoms with E-state index in [1.165, 1.54) is 17.8 Å². The van der Waals surface area contributed by atoms with Crippen molar-refractivity contribution in [3.8, 4) is 5.75 Å². The zero-order valence-corrected chi connectivity index (χ0v) is 20.6. The summed E-state index contributed by atoms with van der Waals surface area (Å²) in [7, 11) is 1.54. The van der Waals surface area contributed by atoms with E-state index in [-0.39, 0.29) is 40.1 Å². The molecular formula is C24H23F6N3O3S. The van der Waals surface area contributed by atoms with Crippen LogP contribution in [0.5, 0.6) is 5.75 Å². The first-order chi connectivity index (χ1) is 17.3. The van der Waals surface area contributed by atoms with Gasteiger partial charge in [-0.3, -0.25) is 9.79 Å². The van der Waals surface area contributed by atoms with Gasteiger partial charge in [-0.2, -0.15) is 8.78 Å². The number of Topliss-reactive ketones (excluding diaryl/α,β-unsaturated/α-hetero) is 1. The van der Waals surface area contributed by atoms with Gasteiger partial charge in [0.25, 0.3) is 0 Å². The van der Waals surface area contributed by atoms with Crippen LogP contribution in [0.3, 0.4) is 0 Å². The molecule has 1 fully saturated rings. The maximum atomic E-state index is 15.0. The molecule has 1 aromatic heterocycles. The number of alkyl halides is 4. The molecule has 37 heavy (non-hydrogen) atoms. The van der Waals surface area contributed by atoms with Gasteiger partial charge in [-0.05, 0) is 43.2 Å². The molecule has 0 saturated heterocycles. The Bertz CT molecular complexity index is 1230. The number of carbonyl (C=O) groups excluding carboxylic acids is 1. The molecule has 0 unspecified atom stereocenters. The summed E-state index contributed by atoms with van der Waals surface area (Å²) in [6, 6.07) is 4.57. The van der Waals surface area contributed by atoms with Crippen molar-refractivity contribution in [1.82, 2.24) is 4.98 Å². The number of benzene rings is 1. The van der Waals surface area contributed by atoms with Gasteiger partial charge in [0.2, 0.25) is 0 Å². The molecule has 1 aliphatic carbocycles. The fourth-order valence-electron chi connectivity index (χ4n) is 4.59. The Balaban J connectivity index is 1.53. The summed E-state index contributed by atoms with van der Waals surface area (Å²) < 4.78 is 89.7. The van der Waals surface area contributed by atoms with E-state index in [0.717, 1.165) is 24.4 Å². The molecule has 1 saturated carbocycles. The molecule has 13 heteroatoms. The van der Waals surface area contributed by atoms with Crippen LogP contribution in [0.2, 0.25) is 0 Å². The monoisotopic (exact) mass is 547 g/mol. The van der Waals surface area contributed by atoms with Gasteiger partial charge in [-0.25, -0.2) is 22.5 Å². The number of methoxy groups -OCH3 is 1. The predicted molar refractivity (Wildman–Crippen MR) is 124 cm³/mol. The summed E-state index contributed by atoms with van der Waals surface area (Å²) in [5.74, 6) is -7.55. The summed E-state index contributed by atoms with van der Waals surface area (Å²) in [6.07, 6.45) is -2.67. The highest BCUT2D eigenvalue weighted by Crippen LogP contribution is 2.66. The van der Waals surface area contributed by atoms with Crippen molar-refractivity contribution in [3.63, 3.8) is 0 Å².